The average molecular weight is 268 g/mol. The summed E-state index contributed by atoms with van der Waals surface area (Å²) < 4.78 is 25.2. The second-order valence-corrected chi connectivity index (χ2v) is 6.56. The Bertz CT molecular complexity index is 291. The number of rotatable bonds is 2. The van der Waals surface area contributed by atoms with Crippen molar-refractivity contribution in [1.29, 1.82) is 0 Å². The fraction of sp³-hybridized carbons (Fsp3) is 0.889. The van der Waals surface area contributed by atoms with Crippen LogP contribution < -0.4 is 5.32 Å². The van der Waals surface area contributed by atoms with Crippen molar-refractivity contribution in [2.75, 3.05) is 6.54 Å². The van der Waals surface area contributed by atoms with Gasteiger partial charge in [0.2, 0.25) is 6.43 Å². The van der Waals surface area contributed by atoms with E-state index in [0.29, 0.717) is 6.54 Å². The lowest BCUT2D eigenvalue weighted by atomic mass is 10.1. The smallest absolute Gasteiger partial charge is 0.250 e. The Hall–Kier alpha value is -0.0100. The van der Waals surface area contributed by atoms with Crippen LogP contribution in [0, 0.1) is 0 Å². The Balaban J connectivity index is 2.04. The highest BCUT2D eigenvalue weighted by Crippen LogP contribution is 2.44. The molecule has 7 heteroatoms. The standard InChI is InChI=1S/C9H14F2N2OS2/c1-2-12-9-13-6-4(14)3-5(7(10)11)15-8(6)16-9/h4-8,14H,2-3H2,1H3,(H,12,13). The Morgan fingerprint density at radius 1 is 1.62 bits per heavy atom. The largest absolute Gasteiger partial charge is 0.391 e. The number of nitrogens with one attached hydrogen (secondary N) is 1. The van der Waals surface area contributed by atoms with Gasteiger partial charge in [0.1, 0.15) is 0 Å². The first-order valence-corrected chi connectivity index (χ1v) is 7.03. The number of alkyl halides is 2. The molecule has 0 aromatic heterocycles. The van der Waals surface area contributed by atoms with E-state index in [2.05, 4.69) is 10.3 Å². The third-order valence-electron chi connectivity index (χ3n) is 2.59. The highest BCUT2D eigenvalue weighted by Gasteiger charge is 2.45. The summed E-state index contributed by atoms with van der Waals surface area (Å²) in [4.78, 5) is 4.21. The number of aliphatic imine (C=N–C) groups is 1. The fourth-order valence-electron chi connectivity index (χ4n) is 1.82. The van der Waals surface area contributed by atoms with Crippen LogP contribution in [0.25, 0.3) is 0 Å². The Labute approximate surface area is 101 Å². The minimum atomic E-state index is -2.37. The van der Waals surface area contributed by atoms with E-state index in [1.807, 2.05) is 6.92 Å². The maximum atomic E-state index is 12.6. The van der Waals surface area contributed by atoms with Gasteiger partial charge in [0.25, 0.3) is 0 Å². The second-order valence-electron chi connectivity index (χ2n) is 3.75. The molecule has 16 heavy (non-hydrogen) atoms. The van der Waals surface area contributed by atoms with Crippen LogP contribution in [0.15, 0.2) is 4.99 Å². The first-order chi connectivity index (χ1) is 7.61. The van der Waals surface area contributed by atoms with Gasteiger partial charge in [-0.1, -0.05) is 11.8 Å². The quantitative estimate of drug-likeness (QED) is 0.797. The molecule has 4 atom stereocenters. The molecule has 2 rings (SSSR count). The zero-order valence-corrected chi connectivity index (χ0v) is 10.4. The number of thioether (sulfide) groups is 2. The summed E-state index contributed by atoms with van der Waals surface area (Å²) >= 11 is 2.71. The number of amidine groups is 1. The molecule has 2 aliphatic rings. The molecule has 0 bridgehead atoms. The molecule has 2 fully saturated rings. The van der Waals surface area contributed by atoms with Gasteiger partial charge in [-0.2, -0.15) is 0 Å². The van der Waals surface area contributed by atoms with Crippen LogP contribution in [-0.2, 0) is 0 Å². The molecule has 0 aliphatic carbocycles. The summed E-state index contributed by atoms with van der Waals surface area (Å²) in [5.41, 5.74) is 0. The third-order valence-corrected chi connectivity index (χ3v) is 5.52. The molecule has 0 radical (unpaired) electrons. The topological polar surface area (TPSA) is 44.6 Å². The summed E-state index contributed by atoms with van der Waals surface area (Å²) in [7, 11) is 0. The van der Waals surface area contributed by atoms with Gasteiger partial charge in [0.15, 0.2) is 5.17 Å². The first kappa shape index (κ1) is 12.4. The molecular formula is C9H14F2N2OS2. The molecule has 0 spiro atoms. The van der Waals surface area contributed by atoms with E-state index >= 15 is 0 Å². The fourth-order valence-corrected chi connectivity index (χ4v) is 4.96. The Kier molecular flexibility index (Phi) is 3.97. The number of nitrogens with zero attached hydrogens (tertiary/aromatic N) is 1. The lowest BCUT2D eigenvalue weighted by Gasteiger charge is -2.33. The van der Waals surface area contributed by atoms with Crippen molar-refractivity contribution >= 4 is 28.7 Å². The van der Waals surface area contributed by atoms with Gasteiger partial charge < -0.3 is 10.4 Å². The molecule has 2 aliphatic heterocycles. The van der Waals surface area contributed by atoms with Crippen LogP contribution in [0.1, 0.15) is 13.3 Å². The number of fused-ring (bicyclic) bond motifs is 1. The zero-order valence-electron chi connectivity index (χ0n) is 8.77. The van der Waals surface area contributed by atoms with Crippen molar-refractivity contribution in [3.05, 3.63) is 0 Å². The first-order valence-electron chi connectivity index (χ1n) is 5.21. The number of hydrogen-bond donors (Lipinski definition) is 2. The summed E-state index contributed by atoms with van der Waals surface area (Å²) in [6.45, 7) is 2.58. The molecule has 3 nitrogen and oxygen atoms in total. The lowest BCUT2D eigenvalue weighted by molar-refractivity contribution is 0.0833. The van der Waals surface area contributed by atoms with Gasteiger partial charge in [-0.25, -0.2) is 8.78 Å². The monoisotopic (exact) mass is 268 g/mol. The van der Waals surface area contributed by atoms with E-state index in [1.54, 1.807) is 0 Å². The van der Waals surface area contributed by atoms with Crippen LogP contribution in [-0.4, -0.2) is 45.2 Å². The van der Waals surface area contributed by atoms with Crippen LogP contribution >= 0.6 is 23.5 Å². The predicted octanol–water partition coefficient (Wildman–Crippen LogP) is 1.52. The molecular weight excluding hydrogens is 254 g/mol. The molecule has 0 saturated carbocycles. The van der Waals surface area contributed by atoms with Crippen molar-refractivity contribution in [1.82, 2.24) is 5.32 Å². The minimum absolute atomic E-state index is 0.0481. The highest BCUT2D eigenvalue weighted by molar-refractivity contribution is 8.25. The van der Waals surface area contributed by atoms with Crippen LogP contribution in [0.3, 0.4) is 0 Å². The van der Waals surface area contributed by atoms with Crippen molar-refractivity contribution in [3.8, 4) is 0 Å². The van der Waals surface area contributed by atoms with E-state index in [9.17, 15) is 13.9 Å². The molecule has 92 valence electrons. The zero-order chi connectivity index (χ0) is 11.7. The molecule has 0 amide bonds. The van der Waals surface area contributed by atoms with Crippen molar-refractivity contribution < 1.29 is 13.9 Å². The lowest BCUT2D eigenvalue weighted by Crippen LogP contribution is -2.47. The molecule has 0 aromatic carbocycles. The molecule has 2 heterocycles. The van der Waals surface area contributed by atoms with Gasteiger partial charge in [-0.05, 0) is 13.3 Å². The van der Waals surface area contributed by atoms with Crippen molar-refractivity contribution in [2.45, 2.75) is 41.7 Å². The van der Waals surface area contributed by atoms with E-state index in [1.165, 1.54) is 23.5 Å². The second kappa shape index (κ2) is 5.10. The Morgan fingerprint density at radius 2 is 2.38 bits per heavy atom. The average Bonchev–Trinajstić information content (AvgIpc) is 2.61. The molecule has 2 saturated heterocycles. The minimum Gasteiger partial charge on any atom is -0.391 e. The van der Waals surface area contributed by atoms with Crippen LogP contribution in [0.4, 0.5) is 8.78 Å². The number of aliphatic hydroxyl groups excluding tert-OH is 1. The maximum Gasteiger partial charge on any atom is 0.250 e. The summed E-state index contributed by atoms with van der Waals surface area (Å²) in [5, 5.41) is 12.9. The van der Waals surface area contributed by atoms with Gasteiger partial charge >= 0.3 is 0 Å². The Morgan fingerprint density at radius 3 is 3.00 bits per heavy atom. The van der Waals surface area contributed by atoms with Gasteiger partial charge in [0, 0.05) is 6.54 Å². The normalized spacial score (nSPS) is 41.2. The number of halogens is 2. The third kappa shape index (κ3) is 2.46. The highest BCUT2D eigenvalue weighted by atomic mass is 32.2. The molecule has 2 N–H and O–H groups in total. The summed E-state index contributed by atoms with van der Waals surface area (Å²) in [5.74, 6) is 0. The number of hydrogen-bond acceptors (Lipinski definition) is 4. The number of aliphatic hydroxyl groups is 1. The maximum absolute atomic E-state index is 12.6. The van der Waals surface area contributed by atoms with Gasteiger partial charge in [-0.3, -0.25) is 4.99 Å². The summed E-state index contributed by atoms with van der Waals surface area (Å²) in [6.07, 6.45) is -2.92. The van der Waals surface area contributed by atoms with Crippen molar-refractivity contribution in [2.24, 2.45) is 4.99 Å². The summed E-state index contributed by atoms with van der Waals surface area (Å²) in [6, 6.07) is -0.143. The van der Waals surface area contributed by atoms with E-state index in [-0.39, 0.29) is 17.0 Å². The van der Waals surface area contributed by atoms with Crippen LogP contribution in [0.5, 0.6) is 0 Å². The van der Waals surface area contributed by atoms with Crippen molar-refractivity contribution in [3.63, 3.8) is 0 Å². The van der Waals surface area contributed by atoms with Gasteiger partial charge in [0.05, 0.1) is 22.0 Å². The van der Waals surface area contributed by atoms with E-state index in [0.717, 1.165) is 5.17 Å². The van der Waals surface area contributed by atoms with Gasteiger partial charge in [-0.15, -0.1) is 11.8 Å². The molecule has 4 unspecified atom stereocenters. The van der Waals surface area contributed by atoms with Crippen LogP contribution in [0.2, 0.25) is 0 Å². The SMILES string of the molecule is CCN=C1NC2C(O)CC(C(F)F)SC2S1. The predicted molar refractivity (Wildman–Crippen MR) is 64.3 cm³/mol. The van der Waals surface area contributed by atoms with E-state index in [4.69, 9.17) is 0 Å². The molecule has 0 aromatic rings. The van der Waals surface area contributed by atoms with E-state index < -0.39 is 17.8 Å².